The molecule has 4 rings (SSSR count). The summed E-state index contributed by atoms with van der Waals surface area (Å²) in [6.45, 7) is 7.98. The molecule has 1 aromatic rings. The number of nitrogens with one attached hydrogen (secondary N) is 1. The number of likely N-dealkylation sites (tertiary alicyclic amines) is 1. The van der Waals surface area contributed by atoms with E-state index in [1.54, 1.807) is 0 Å². The van der Waals surface area contributed by atoms with Gasteiger partial charge in [0, 0.05) is 44.6 Å². The lowest BCUT2D eigenvalue weighted by Gasteiger charge is -2.35. The molecule has 0 radical (unpaired) electrons. The molecule has 4 amide bonds. The highest BCUT2D eigenvalue weighted by molar-refractivity contribution is 6.01. The molecule has 0 bridgehead atoms. The second kappa shape index (κ2) is 9.73. The van der Waals surface area contributed by atoms with Gasteiger partial charge in [-0.05, 0) is 31.9 Å². The van der Waals surface area contributed by atoms with E-state index in [1.807, 2.05) is 35.2 Å². The highest BCUT2D eigenvalue weighted by Crippen LogP contribution is 2.35. The Hall–Kier alpha value is -2.87. The van der Waals surface area contributed by atoms with Crippen LogP contribution in [-0.2, 0) is 16.1 Å². The number of imide groups is 1. The number of carbonyl (C=O) groups excluding carboxylic acids is 3. The van der Waals surface area contributed by atoms with Crippen LogP contribution in [0.4, 0.5) is 4.79 Å². The molecule has 1 aromatic carbocycles. The number of nitrogens with zero attached hydrogens (tertiary/aromatic N) is 3. The van der Waals surface area contributed by atoms with Gasteiger partial charge in [0.2, 0.25) is 11.8 Å². The molecule has 8 nitrogen and oxygen atoms in total. The zero-order chi connectivity index (χ0) is 22.6. The van der Waals surface area contributed by atoms with Crippen LogP contribution in [0.1, 0.15) is 37.7 Å². The van der Waals surface area contributed by atoms with Crippen molar-refractivity contribution in [3.8, 4) is 5.75 Å². The molecule has 2 saturated heterocycles. The van der Waals surface area contributed by atoms with Crippen molar-refractivity contribution >= 4 is 17.8 Å². The van der Waals surface area contributed by atoms with Gasteiger partial charge in [-0.2, -0.15) is 0 Å². The SMILES string of the molecule is C=CCN1CCCC2(CC1)CN(C(=O)CCCN1C(=O)CNC1=O)Cc1ccccc1O2. The molecule has 1 spiro atoms. The van der Waals surface area contributed by atoms with Gasteiger partial charge in [-0.25, -0.2) is 4.79 Å². The number of amides is 4. The van der Waals surface area contributed by atoms with Crippen molar-refractivity contribution in [2.45, 2.75) is 44.2 Å². The normalized spacial score (nSPS) is 23.9. The van der Waals surface area contributed by atoms with E-state index in [1.165, 1.54) is 4.90 Å². The highest BCUT2D eigenvalue weighted by Gasteiger charge is 2.40. The fourth-order valence-corrected chi connectivity index (χ4v) is 4.86. The summed E-state index contributed by atoms with van der Waals surface area (Å²) in [6.07, 6.45) is 5.42. The van der Waals surface area contributed by atoms with E-state index >= 15 is 0 Å². The first kappa shape index (κ1) is 22.3. The van der Waals surface area contributed by atoms with Gasteiger partial charge in [0.25, 0.3) is 0 Å². The van der Waals surface area contributed by atoms with E-state index in [0.717, 1.165) is 50.2 Å². The first-order chi connectivity index (χ1) is 15.5. The molecule has 0 aliphatic carbocycles. The molecule has 3 aliphatic heterocycles. The molecule has 1 unspecified atom stereocenters. The maximum absolute atomic E-state index is 13.2. The Morgan fingerprint density at radius 2 is 2.06 bits per heavy atom. The van der Waals surface area contributed by atoms with E-state index in [4.69, 9.17) is 4.74 Å². The van der Waals surface area contributed by atoms with Gasteiger partial charge >= 0.3 is 6.03 Å². The number of carbonyl (C=O) groups is 3. The quantitative estimate of drug-likeness (QED) is 0.542. The number of rotatable bonds is 6. The second-order valence-corrected chi connectivity index (χ2v) is 8.89. The van der Waals surface area contributed by atoms with Crippen molar-refractivity contribution in [1.82, 2.24) is 20.0 Å². The average Bonchev–Trinajstić information content (AvgIpc) is 2.95. The standard InChI is InChI=1S/C24H32N4O4/c1-2-12-26-13-6-10-24(11-15-26)18-27(17-19-7-3-4-8-20(19)32-24)21(29)9-5-14-28-22(30)16-25-23(28)31/h2-4,7-8H,1,5-6,9-18H2,(H,25,31). The first-order valence-corrected chi connectivity index (χ1v) is 11.5. The number of para-hydroxylation sites is 1. The maximum atomic E-state index is 13.2. The first-order valence-electron chi connectivity index (χ1n) is 11.5. The number of ether oxygens (including phenoxy) is 1. The predicted octanol–water partition coefficient (Wildman–Crippen LogP) is 2.15. The molecule has 3 heterocycles. The lowest BCUT2D eigenvalue weighted by Crippen LogP contribution is -2.48. The van der Waals surface area contributed by atoms with E-state index in [2.05, 4.69) is 16.8 Å². The Kier molecular flexibility index (Phi) is 6.79. The van der Waals surface area contributed by atoms with Gasteiger partial charge in [0.1, 0.15) is 11.4 Å². The van der Waals surface area contributed by atoms with Crippen molar-refractivity contribution in [3.05, 3.63) is 42.5 Å². The summed E-state index contributed by atoms with van der Waals surface area (Å²) < 4.78 is 6.63. The maximum Gasteiger partial charge on any atom is 0.324 e. The van der Waals surface area contributed by atoms with E-state index in [9.17, 15) is 14.4 Å². The Balaban J connectivity index is 1.46. The Labute approximate surface area is 189 Å². The summed E-state index contributed by atoms with van der Waals surface area (Å²) in [7, 11) is 0. The smallest absolute Gasteiger partial charge is 0.324 e. The Morgan fingerprint density at radius 3 is 2.84 bits per heavy atom. The van der Waals surface area contributed by atoms with Crippen LogP contribution in [-0.4, -0.2) is 77.4 Å². The van der Waals surface area contributed by atoms with Gasteiger partial charge in [0.05, 0.1) is 13.1 Å². The number of fused-ring (bicyclic) bond motifs is 1. The number of hydrogen-bond donors (Lipinski definition) is 1. The molecular formula is C24H32N4O4. The van der Waals surface area contributed by atoms with Crippen molar-refractivity contribution in [1.29, 1.82) is 0 Å². The van der Waals surface area contributed by atoms with E-state index in [-0.39, 0.29) is 37.4 Å². The topological polar surface area (TPSA) is 82.2 Å². The van der Waals surface area contributed by atoms with Gasteiger partial charge in [-0.15, -0.1) is 6.58 Å². The molecule has 1 atom stereocenters. The van der Waals surface area contributed by atoms with E-state index in [0.29, 0.717) is 19.5 Å². The second-order valence-electron chi connectivity index (χ2n) is 8.89. The summed E-state index contributed by atoms with van der Waals surface area (Å²) in [4.78, 5) is 42.2. The number of benzene rings is 1. The van der Waals surface area contributed by atoms with Crippen molar-refractivity contribution in [2.75, 3.05) is 39.3 Å². The lowest BCUT2D eigenvalue weighted by atomic mass is 9.93. The summed E-state index contributed by atoms with van der Waals surface area (Å²) in [5.41, 5.74) is 0.599. The summed E-state index contributed by atoms with van der Waals surface area (Å²) in [5, 5.41) is 2.51. The molecule has 32 heavy (non-hydrogen) atoms. The zero-order valence-corrected chi connectivity index (χ0v) is 18.6. The molecule has 1 N–H and O–H groups in total. The van der Waals surface area contributed by atoms with Crippen LogP contribution < -0.4 is 10.1 Å². The monoisotopic (exact) mass is 440 g/mol. The summed E-state index contributed by atoms with van der Waals surface area (Å²) >= 11 is 0. The Bertz CT molecular complexity index is 873. The minimum Gasteiger partial charge on any atom is -0.485 e. The van der Waals surface area contributed by atoms with Crippen LogP contribution >= 0.6 is 0 Å². The third-order valence-electron chi connectivity index (χ3n) is 6.58. The minimum atomic E-state index is -0.414. The van der Waals surface area contributed by atoms with Crippen LogP contribution in [0, 0.1) is 0 Å². The number of hydrogen-bond acceptors (Lipinski definition) is 5. The van der Waals surface area contributed by atoms with Crippen molar-refractivity contribution < 1.29 is 19.1 Å². The van der Waals surface area contributed by atoms with Crippen LogP contribution in [0.2, 0.25) is 0 Å². The van der Waals surface area contributed by atoms with E-state index < -0.39 is 5.60 Å². The van der Waals surface area contributed by atoms with Crippen LogP contribution in [0.25, 0.3) is 0 Å². The third kappa shape index (κ3) is 4.96. The van der Waals surface area contributed by atoms with Gasteiger partial charge in [-0.3, -0.25) is 19.4 Å². The average molecular weight is 441 g/mol. The van der Waals surface area contributed by atoms with Crippen LogP contribution in [0.5, 0.6) is 5.75 Å². The Morgan fingerprint density at radius 1 is 1.22 bits per heavy atom. The van der Waals surface area contributed by atoms with Gasteiger partial charge in [-0.1, -0.05) is 24.3 Å². The molecule has 0 saturated carbocycles. The summed E-state index contributed by atoms with van der Waals surface area (Å²) in [6, 6.07) is 7.58. The fourth-order valence-electron chi connectivity index (χ4n) is 4.86. The molecule has 0 aromatic heterocycles. The minimum absolute atomic E-state index is 0.0314. The largest absolute Gasteiger partial charge is 0.485 e. The summed E-state index contributed by atoms with van der Waals surface area (Å²) in [5.74, 6) is 0.657. The molecule has 172 valence electrons. The molecule has 8 heteroatoms. The highest BCUT2D eigenvalue weighted by atomic mass is 16.5. The molecule has 3 aliphatic rings. The van der Waals surface area contributed by atoms with Crippen LogP contribution in [0.3, 0.4) is 0 Å². The van der Waals surface area contributed by atoms with Crippen molar-refractivity contribution in [2.24, 2.45) is 0 Å². The lowest BCUT2D eigenvalue weighted by molar-refractivity contribution is -0.135. The third-order valence-corrected chi connectivity index (χ3v) is 6.58. The van der Waals surface area contributed by atoms with Gasteiger partial charge in [0.15, 0.2) is 0 Å². The van der Waals surface area contributed by atoms with Crippen LogP contribution in [0.15, 0.2) is 36.9 Å². The zero-order valence-electron chi connectivity index (χ0n) is 18.6. The molecular weight excluding hydrogens is 408 g/mol. The molecule has 2 fully saturated rings. The van der Waals surface area contributed by atoms with Gasteiger partial charge < -0.3 is 15.0 Å². The fraction of sp³-hybridized carbons (Fsp3) is 0.542. The van der Waals surface area contributed by atoms with Crippen molar-refractivity contribution in [3.63, 3.8) is 0 Å². The predicted molar refractivity (Wildman–Crippen MR) is 120 cm³/mol. The number of urea groups is 1.